The van der Waals surface area contributed by atoms with Gasteiger partial charge in [-0.2, -0.15) is 4.31 Å². The van der Waals surface area contributed by atoms with Crippen LogP contribution in [0.15, 0.2) is 47.1 Å². The highest BCUT2D eigenvalue weighted by Crippen LogP contribution is 2.28. The zero-order valence-corrected chi connectivity index (χ0v) is 17.3. The Morgan fingerprint density at radius 1 is 1.14 bits per heavy atom. The van der Waals surface area contributed by atoms with Crippen molar-refractivity contribution in [3.05, 3.63) is 48.3 Å². The number of sulfonamides is 1. The molecule has 8 nitrogen and oxygen atoms in total. The van der Waals surface area contributed by atoms with Gasteiger partial charge in [-0.25, -0.2) is 13.4 Å². The van der Waals surface area contributed by atoms with E-state index in [1.807, 2.05) is 48.2 Å². The molecule has 3 heterocycles. The molecule has 29 heavy (non-hydrogen) atoms. The first kappa shape index (κ1) is 19.5. The molecule has 0 bridgehead atoms. The average Bonchev–Trinajstić information content (AvgIpc) is 3.25. The molecule has 0 unspecified atom stereocenters. The van der Waals surface area contributed by atoms with Crippen LogP contribution in [0.4, 0.5) is 5.82 Å². The van der Waals surface area contributed by atoms with Crippen LogP contribution in [-0.4, -0.2) is 59.8 Å². The number of benzene rings is 1. The van der Waals surface area contributed by atoms with Crippen molar-refractivity contribution in [3.63, 3.8) is 0 Å². The van der Waals surface area contributed by atoms with Crippen LogP contribution >= 0.6 is 0 Å². The van der Waals surface area contributed by atoms with Crippen LogP contribution in [0.3, 0.4) is 0 Å². The van der Waals surface area contributed by atoms with Gasteiger partial charge in [-0.1, -0.05) is 35.5 Å². The fourth-order valence-electron chi connectivity index (χ4n) is 3.34. The summed E-state index contributed by atoms with van der Waals surface area (Å²) in [6.45, 7) is 5.58. The monoisotopic (exact) mass is 415 g/mol. The molecule has 4 rings (SSSR count). The quantitative estimate of drug-likeness (QED) is 0.633. The topological polar surface area (TPSA) is 92.4 Å². The molecule has 2 aromatic heterocycles. The molecule has 154 valence electrons. The van der Waals surface area contributed by atoms with Crippen LogP contribution < -0.4 is 4.90 Å². The van der Waals surface area contributed by atoms with Crippen molar-refractivity contribution in [2.45, 2.75) is 13.8 Å². The van der Waals surface area contributed by atoms with E-state index >= 15 is 0 Å². The summed E-state index contributed by atoms with van der Waals surface area (Å²) in [5, 5.41) is 4.16. The molecule has 9 heteroatoms. The molecule has 3 aromatic rings. The number of hydrogen-bond donors (Lipinski definition) is 0. The van der Waals surface area contributed by atoms with Crippen molar-refractivity contribution >= 4 is 15.8 Å². The predicted molar refractivity (Wildman–Crippen MR) is 113 cm³/mol. The van der Waals surface area contributed by atoms with E-state index in [4.69, 9.17) is 9.51 Å². The van der Waals surface area contributed by atoms with Gasteiger partial charge in [0.05, 0.1) is 17.6 Å². The van der Waals surface area contributed by atoms with Gasteiger partial charge in [0.25, 0.3) is 0 Å². The number of anilines is 1. The van der Waals surface area contributed by atoms with E-state index in [1.165, 1.54) is 4.31 Å². The Labute approximate surface area is 171 Å². The zero-order chi connectivity index (χ0) is 20.4. The third kappa shape index (κ3) is 4.01. The van der Waals surface area contributed by atoms with E-state index < -0.39 is 10.0 Å². The third-order valence-corrected chi connectivity index (χ3v) is 6.96. The summed E-state index contributed by atoms with van der Waals surface area (Å²) in [7, 11) is -3.16. The highest BCUT2D eigenvalue weighted by Gasteiger charge is 2.26. The van der Waals surface area contributed by atoms with Gasteiger partial charge >= 0.3 is 0 Å². The second kappa shape index (κ2) is 7.92. The minimum atomic E-state index is -3.16. The summed E-state index contributed by atoms with van der Waals surface area (Å²) < 4.78 is 31.2. The van der Waals surface area contributed by atoms with Crippen LogP contribution in [0.25, 0.3) is 22.7 Å². The van der Waals surface area contributed by atoms with Gasteiger partial charge in [0, 0.05) is 39.2 Å². The van der Waals surface area contributed by atoms with Gasteiger partial charge in [0.1, 0.15) is 17.2 Å². The second-order valence-corrected chi connectivity index (χ2v) is 9.15. The van der Waals surface area contributed by atoms with Gasteiger partial charge in [-0.3, -0.25) is 4.98 Å². The predicted octanol–water partition coefficient (Wildman–Crippen LogP) is 2.82. The summed E-state index contributed by atoms with van der Waals surface area (Å²) >= 11 is 0. The maximum absolute atomic E-state index is 12.1. The Hall–Kier alpha value is -2.78. The Morgan fingerprint density at radius 3 is 2.55 bits per heavy atom. The van der Waals surface area contributed by atoms with E-state index in [0.717, 1.165) is 17.0 Å². The highest BCUT2D eigenvalue weighted by atomic mass is 32.2. The molecule has 1 saturated heterocycles. The largest absolute Gasteiger partial charge is 0.354 e. The minimum absolute atomic E-state index is 0. The lowest BCUT2D eigenvalue weighted by Crippen LogP contribution is -2.49. The summed E-state index contributed by atoms with van der Waals surface area (Å²) in [6.07, 6.45) is 1.72. The number of nitrogens with zero attached hydrogens (tertiary/aromatic N) is 5. The molecule has 0 spiro atoms. The molecule has 0 radical (unpaired) electrons. The number of aryl methyl sites for hydroxylation is 1. The van der Waals surface area contributed by atoms with Crippen molar-refractivity contribution in [2.24, 2.45) is 0 Å². The average molecular weight is 416 g/mol. The molecule has 0 atom stereocenters. The maximum atomic E-state index is 12.1. The van der Waals surface area contributed by atoms with Crippen molar-refractivity contribution in [1.29, 1.82) is 0 Å². The fraction of sp³-hybridized carbons (Fsp3) is 0.350. The Morgan fingerprint density at radius 2 is 1.86 bits per heavy atom. The first-order chi connectivity index (χ1) is 14.0. The minimum Gasteiger partial charge on any atom is -0.354 e. The number of piperazine rings is 1. The number of aromatic nitrogens is 3. The van der Waals surface area contributed by atoms with Crippen molar-refractivity contribution < 1.29 is 14.4 Å². The van der Waals surface area contributed by atoms with Gasteiger partial charge < -0.3 is 9.42 Å². The molecule has 0 N–H and O–H groups in total. The van der Waals surface area contributed by atoms with Gasteiger partial charge in [0.15, 0.2) is 5.76 Å². The van der Waals surface area contributed by atoms with E-state index in [0.29, 0.717) is 43.5 Å². The summed E-state index contributed by atoms with van der Waals surface area (Å²) in [5.74, 6) is 1.39. The van der Waals surface area contributed by atoms with Crippen molar-refractivity contribution in [1.82, 2.24) is 19.4 Å². The van der Waals surface area contributed by atoms with Crippen molar-refractivity contribution in [3.8, 4) is 22.7 Å². The Bertz CT molecular complexity index is 1100. The second-order valence-electron chi connectivity index (χ2n) is 6.89. The van der Waals surface area contributed by atoms with Crippen LogP contribution in [0.5, 0.6) is 0 Å². The number of hydrogen-bond acceptors (Lipinski definition) is 7. The SMILES string of the molecule is CCS(=O)(=O)N1CCN(c2cnc(C)c(-c3cc(-c4ccccc4)no3)n2)CC1.[HH]. The van der Waals surface area contributed by atoms with E-state index in [1.54, 1.807) is 13.1 Å². The molecular formula is C20H25N5O3S. The lowest BCUT2D eigenvalue weighted by atomic mass is 10.1. The zero-order valence-electron chi connectivity index (χ0n) is 16.4. The van der Waals surface area contributed by atoms with Crippen LogP contribution in [0.2, 0.25) is 0 Å². The molecule has 1 fully saturated rings. The van der Waals surface area contributed by atoms with Gasteiger partial charge in [-0.05, 0) is 13.8 Å². The highest BCUT2D eigenvalue weighted by molar-refractivity contribution is 7.89. The Kier molecular flexibility index (Phi) is 5.33. The molecule has 0 amide bonds. The van der Waals surface area contributed by atoms with E-state index in [2.05, 4.69) is 10.1 Å². The first-order valence-corrected chi connectivity index (χ1v) is 11.2. The summed E-state index contributed by atoms with van der Waals surface area (Å²) in [4.78, 5) is 11.3. The molecule has 1 aliphatic rings. The van der Waals surface area contributed by atoms with E-state index in [-0.39, 0.29) is 7.18 Å². The lowest BCUT2D eigenvalue weighted by molar-refractivity contribution is 0.384. The molecule has 0 aliphatic carbocycles. The molecule has 1 aromatic carbocycles. The van der Waals surface area contributed by atoms with Crippen molar-refractivity contribution in [2.75, 3.05) is 36.8 Å². The molecular weight excluding hydrogens is 390 g/mol. The standard InChI is InChI=1S/C20H23N5O3S.H2/c1-3-29(26,27)25-11-9-24(10-12-25)19-14-21-15(2)20(22-19)18-13-17(23-28-18)16-7-5-4-6-8-16;/h4-8,13-14H,3,9-12H2,1-2H3;1H. The lowest BCUT2D eigenvalue weighted by Gasteiger charge is -2.34. The Balaban J connectivity index is 0.00000256. The maximum Gasteiger partial charge on any atom is 0.213 e. The van der Waals surface area contributed by atoms with Crippen LogP contribution in [0, 0.1) is 6.92 Å². The van der Waals surface area contributed by atoms with Gasteiger partial charge in [0.2, 0.25) is 10.0 Å². The van der Waals surface area contributed by atoms with Gasteiger partial charge in [-0.15, -0.1) is 0 Å². The van der Waals surface area contributed by atoms with Crippen LogP contribution in [0.1, 0.15) is 14.0 Å². The van der Waals surface area contributed by atoms with E-state index in [9.17, 15) is 8.42 Å². The molecule has 0 saturated carbocycles. The summed E-state index contributed by atoms with van der Waals surface area (Å²) in [6, 6.07) is 11.7. The normalized spacial score (nSPS) is 15.6. The first-order valence-electron chi connectivity index (χ1n) is 9.57. The smallest absolute Gasteiger partial charge is 0.213 e. The third-order valence-electron chi connectivity index (χ3n) is 5.08. The summed E-state index contributed by atoms with van der Waals surface area (Å²) in [5.41, 5.74) is 3.10. The fourth-order valence-corrected chi connectivity index (χ4v) is 4.42. The number of rotatable bonds is 5. The van der Waals surface area contributed by atoms with Crippen LogP contribution in [-0.2, 0) is 10.0 Å². The molecule has 1 aliphatic heterocycles.